The summed E-state index contributed by atoms with van der Waals surface area (Å²) >= 11 is 0. The lowest BCUT2D eigenvalue weighted by atomic mass is 10.1. The predicted octanol–water partition coefficient (Wildman–Crippen LogP) is 3.22. The van der Waals surface area contributed by atoms with Crippen LogP contribution in [0.3, 0.4) is 0 Å². The number of halogens is 3. The molecule has 2 aromatic carbocycles. The molecule has 0 aromatic heterocycles. The summed E-state index contributed by atoms with van der Waals surface area (Å²) in [5.74, 6) is -0.434. The number of rotatable bonds is 5. The highest BCUT2D eigenvalue weighted by molar-refractivity contribution is 7.88. The topological polar surface area (TPSA) is 84.5 Å². The maximum Gasteiger partial charge on any atom is 0.416 e. The standard InChI is InChI=1S/C18H17F3N2O4S/c1-11(13-5-6-16-15(8-13)22-17(24)9-27-16)23-28(25,26)10-12-3-2-4-14(7-12)18(19,20)21/h2-8,11,23H,9-10H2,1H3,(H,22,24). The van der Waals surface area contributed by atoms with Crippen molar-refractivity contribution < 1.29 is 31.1 Å². The highest BCUT2D eigenvalue weighted by atomic mass is 32.2. The zero-order valence-corrected chi connectivity index (χ0v) is 15.5. The number of amides is 1. The highest BCUT2D eigenvalue weighted by Crippen LogP contribution is 2.31. The molecule has 0 spiro atoms. The van der Waals surface area contributed by atoms with Crippen molar-refractivity contribution in [3.8, 4) is 5.75 Å². The summed E-state index contributed by atoms with van der Waals surface area (Å²) in [6, 6.07) is 8.37. The van der Waals surface area contributed by atoms with E-state index in [1.165, 1.54) is 12.1 Å². The van der Waals surface area contributed by atoms with Crippen LogP contribution in [0, 0.1) is 0 Å². The number of fused-ring (bicyclic) bond motifs is 1. The van der Waals surface area contributed by atoms with Crippen LogP contribution in [0.25, 0.3) is 0 Å². The zero-order chi connectivity index (χ0) is 20.5. The van der Waals surface area contributed by atoms with Crippen LogP contribution in [-0.4, -0.2) is 20.9 Å². The summed E-state index contributed by atoms with van der Waals surface area (Å²) in [6.45, 7) is 1.50. The summed E-state index contributed by atoms with van der Waals surface area (Å²) in [5.41, 5.74) is 0.120. The predicted molar refractivity (Wildman–Crippen MR) is 96.2 cm³/mol. The molecule has 0 saturated carbocycles. The number of sulfonamides is 1. The Morgan fingerprint density at radius 3 is 2.68 bits per heavy atom. The Morgan fingerprint density at radius 1 is 1.21 bits per heavy atom. The van der Waals surface area contributed by atoms with Crippen LogP contribution in [0.15, 0.2) is 42.5 Å². The average Bonchev–Trinajstić information content (AvgIpc) is 2.59. The second kappa shape index (κ2) is 7.44. The fourth-order valence-electron chi connectivity index (χ4n) is 2.81. The van der Waals surface area contributed by atoms with Crippen LogP contribution < -0.4 is 14.8 Å². The van der Waals surface area contributed by atoms with Crippen molar-refractivity contribution in [2.45, 2.75) is 24.9 Å². The van der Waals surface area contributed by atoms with Gasteiger partial charge in [-0.2, -0.15) is 13.2 Å². The van der Waals surface area contributed by atoms with Crippen LogP contribution in [0.4, 0.5) is 18.9 Å². The Balaban J connectivity index is 1.74. The van der Waals surface area contributed by atoms with Gasteiger partial charge in [0, 0.05) is 6.04 Å². The molecule has 1 amide bonds. The fourth-order valence-corrected chi connectivity index (χ4v) is 4.18. The van der Waals surface area contributed by atoms with E-state index in [0.717, 1.165) is 12.1 Å². The van der Waals surface area contributed by atoms with E-state index in [9.17, 15) is 26.4 Å². The first kappa shape index (κ1) is 20.2. The first-order chi connectivity index (χ1) is 13.0. The van der Waals surface area contributed by atoms with Gasteiger partial charge >= 0.3 is 6.18 Å². The molecule has 6 nitrogen and oxygen atoms in total. The quantitative estimate of drug-likeness (QED) is 0.787. The number of ether oxygens (including phenoxy) is 1. The Morgan fingerprint density at radius 2 is 1.96 bits per heavy atom. The Kier molecular flexibility index (Phi) is 5.35. The van der Waals surface area contributed by atoms with Gasteiger partial charge in [-0.1, -0.05) is 24.3 Å². The number of anilines is 1. The molecule has 1 aliphatic rings. The van der Waals surface area contributed by atoms with Crippen LogP contribution in [0.5, 0.6) is 5.75 Å². The normalized spacial score (nSPS) is 15.4. The lowest BCUT2D eigenvalue weighted by Gasteiger charge is -2.21. The number of hydrogen-bond acceptors (Lipinski definition) is 4. The third kappa shape index (κ3) is 4.82. The smallest absolute Gasteiger partial charge is 0.416 e. The molecule has 10 heteroatoms. The minimum atomic E-state index is -4.55. The van der Waals surface area contributed by atoms with E-state index in [2.05, 4.69) is 10.0 Å². The van der Waals surface area contributed by atoms with Crippen molar-refractivity contribution in [1.29, 1.82) is 0 Å². The van der Waals surface area contributed by atoms with E-state index in [1.807, 2.05) is 0 Å². The summed E-state index contributed by atoms with van der Waals surface area (Å²) in [6.07, 6.45) is -4.55. The van der Waals surface area contributed by atoms with E-state index in [1.54, 1.807) is 25.1 Å². The number of carbonyl (C=O) groups excluding carboxylic acids is 1. The molecule has 1 unspecified atom stereocenters. The van der Waals surface area contributed by atoms with Gasteiger partial charge in [-0.05, 0) is 36.2 Å². The number of hydrogen-bond donors (Lipinski definition) is 2. The first-order valence-electron chi connectivity index (χ1n) is 8.26. The molecule has 0 fully saturated rings. The van der Waals surface area contributed by atoms with Crippen molar-refractivity contribution >= 4 is 21.6 Å². The summed E-state index contributed by atoms with van der Waals surface area (Å²) in [4.78, 5) is 11.4. The van der Waals surface area contributed by atoms with Gasteiger partial charge in [0.05, 0.1) is 17.0 Å². The summed E-state index contributed by atoms with van der Waals surface area (Å²) < 4.78 is 70.9. The molecule has 1 atom stereocenters. The minimum absolute atomic E-state index is 0.0284. The van der Waals surface area contributed by atoms with E-state index in [4.69, 9.17) is 4.74 Å². The maximum atomic E-state index is 12.8. The highest BCUT2D eigenvalue weighted by Gasteiger charge is 2.30. The van der Waals surface area contributed by atoms with Crippen LogP contribution in [0.2, 0.25) is 0 Å². The molecule has 0 saturated heterocycles. The van der Waals surface area contributed by atoms with Gasteiger partial charge in [-0.3, -0.25) is 4.79 Å². The largest absolute Gasteiger partial charge is 0.482 e. The molecule has 0 bridgehead atoms. The molecule has 3 rings (SSSR count). The monoisotopic (exact) mass is 414 g/mol. The van der Waals surface area contributed by atoms with Crippen molar-refractivity contribution in [2.75, 3.05) is 11.9 Å². The molecule has 0 radical (unpaired) electrons. The minimum Gasteiger partial charge on any atom is -0.482 e. The SMILES string of the molecule is CC(NS(=O)(=O)Cc1cccc(C(F)(F)F)c1)c1ccc2c(c1)NC(=O)CO2. The van der Waals surface area contributed by atoms with Gasteiger partial charge in [-0.25, -0.2) is 13.1 Å². The molecular formula is C18H17F3N2O4S. The lowest BCUT2D eigenvalue weighted by molar-refractivity contribution is -0.137. The van der Waals surface area contributed by atoms with Crippen molar-refractivity contribution in [2.24, 2.45) is 0 Å². The molecule has 2 aromatic rings. The van der Waals surface area contributed by atoms with Gasteiger partial charge < -0.3 is 10.1 Å². The molecular weight excluding hydrogens is 397 g/mol. The summed E-state index contributed by atoms with van der Waals surface area (Å²) in [7, 11) is -3.91. The van der Waals surface area contributed by atoms with Gasteiger partial charge in [0.15, 0.2) is 6.61 Å². The third-order valence-corrected chi connectivity index (χ3v) is 5.53. The van der Waals surface area contributed by atoms with E-state index in [-0.39, 0.29) is 18.1 Å². The van der Waals surface area contributed by atoms with Gasteiger partial charge in [-0.15, -0.1) is 0 Å². The third-order valence-electron chi connectivity index (χ3n) is 4.10. The number of alkyl halides is 3. The molecule has 28 heavy (non-hydrogen) atoms. The van der Waals surface area contributed by atoms with Crippen LogP contribution in [-0.2, 0) is 26.7 Å². The summed E-state index contributed by atoms with van der Waals surface area (Å²) in [5, 5.41) is 2.63. The van der Waals surface area contributed by atoms with Gasteiger partial charge in [0.25, 0.3) is 5.91 Å². The Hall–Kier alpha value is -2.59. The molecule has 1 aliphatic heterocycles. The Labute approximate surface area is 159 Å². The van der Waals surface area contributed by atoms with Crippen LogP contribution in [0.1, 0.15) is 29.7 Å². The Bertz CT molecular complexity index is 1010. The number of benzene rings is 2. The van der Waals surface area contributed by atoms with Crippen molar-refractivity contribution in [3.63, 3.8) is 0 Å². The molecule has 1 heterocycles. The van der Waals surface area contributed by atoms with Crippen molar-refractivity contribution in [3.05, 3.63) is 59.2 Å². The number of nitrogens with one attached hydrogen (secondary N) is 2. The van der Waals surface area contributed by atoms with Crippen molar-refractivity contribution in [1.82, 2.24) is 4.72 Å². The van der Waals surface area contributed by atoms with E-state index in [0.29, 0.717) is 17.0 Å². The van der Waals surface area contributed by atoms with Gasteiger partial charge in [0.1, 0.15) is 5.75 Å². The lowest BCUT2D eigenvalue weighted by Crippen LogP contribution is -2.29. The number of carbonyl (C=O) groups is 1. The second-order valence-corrected chi connectivity index (χ2v) is 8.14. The van der Waals surface area contributed by atoms with E-state index >= 15 is 0 Å². The van der Waals surface area contributed by atoms with Gasteiger partial charge in [0.2, 0.25) is 10.0 Å². The van der Waals surface area contributed by atoms with Crippen LogP contribution >= 0.6 is 0 Å². The molecule has 2 N–H and O–H groups in total. The molecule has 0 aliphatic carbocycles. The molecule has 150 valence electrons. The second-order valence-electron chi connectivity index (χ2n) is 6.39. The fraction of sp³-hybridized carbons (Fsp3) is 0.278. The first-order valence-corrected chi connectivity index (χ1v) is 9.91. The zero-order valence-electron chi connectivity index (χ0n) is 14.7. The maximum absolute atomic E-state index is 12.8. The average molecular weight is 414 g/mol. The van der Waals surface area contributed by atoms with E-state index < -0.39 is 33.6 Å².